The molecule has 1 aliphatic rings. The summed E-state index contributed by atoms with van der Waals surface area (Å²) < 4.78 is 12.0. The van der Waals surface area contributed by atoms with Crippen LogP contribution >= 0.6 is 0 Å². The highest BCUT2D eigenvalue weighted by Gasteiger charge is 2.19. The van der Waals surface area contributed by atoms with Gasteiger partial charge in [-0.05, 0) is 43.6 Å². The molecule has 1 aromatic rings. The van der Waals surface area contributed by atoms with Crippen LogP contribution in [0.2, 0.25) is 0 Å². The number of hydrogen-bond acceptors (Lipinski definition) is 3. The van der Waals surface area contributed by atoms with Gasteiger partial charge in [0, 0.05) is 34.2 Å². The fraction of sp³-hybridized carbons (Fsp3) is 0.545. The molecule has 1 saturated heterocycles. The average Bonchev–Trinajstić information content (AvgIpc) is 2.31. The minimum Gasteiger partial charge on any atom is -0.317 e. The Bertz CT molecular complexity index is 323. The van der Waals surface area contributed by atoms with Crippen molar-refractivity contribution >= 4 is 10.8 Å². The largest absolute Gasteiger partial charge is 0.317 e. The fourth-order valence-corrected chi connectivity index (χ4v) is 3.34. The van der Waals surface area contributed by atoms with E-state index in [4.69, 9.17) is 0 Å². The molecule has 1 fully saturated rings. The minimum absolute atomic E-state index is 0.374. The second kappa shape index (κ2) is 5.37. The van der Waals surface area contributed by atoms with Crippen molar-refractivity contribution in [2.24, 2.45) is 0 Å². The first kappa shape index (κ1) is 10.8. The summed E-state index contributed by atoms with van der Waals surface area (Å²) in [5, 5.41) is 3.66. The van der Waals surface area contributed by atoms with Crippen LogP contribution in [0.3, 0.4) is 0 Å². The van der Waals surface area contributed by atoms with E-state index in [0.717, 1.165) is 31.5 Å². The smallest absolute Gasteiger partial charge is 0.0489 e. The lowest BCUT2D eigenvalue weighted by Crippen LogP contribution is -2.33. The van der Waals surface area contributed by atoms with E-state index >= 15 is 0 Å². The first-order chi connectivity index (χ1) is 7.36. The first-order valence-electron chi connectivity index (χ1n) is 5.33. The molecule has 0 bridgehead atoms. The Morgan fingerprint density at radius 3 is 2.67 bits per heavy atom. The molecule has 4 heteroatoms. The summed E-state index contributed by atoms with van der Waals surface area (Å²) in [6, 6.07) is 3.89. The monoisotopic (exact) mass is 224 g/mol. The van der Waals surface area contributed by atoms with Crippen LogP contribution in [0.5, 0.6) is 0 Å². The van der Waals surface area contributed by atoms with E-state index in [0.29, 0.717) is 11.0 Å². The lowest BCUT2D eigenvalue weighted by Gasteiger charge is -2.21. The van der Waals surface area contributed by atoms with Crippen molar-refractivity contribution in [3.63, 3.8) is 0 Å². The van der Waals surface area contributed by atoms with Crippen molar-refractivity contribution in [3.8, 4) is 0 Å². The first-order valence-corrected chi connectivity index (χ1v) is 6.71. The van der Waals surface area contributed by atoms with Crippen molar-refractivity contribution in [2.75, 3.05) is 13.1 Å². The van der Waals surface area contributed by atoms with Gasteiger partial charge in [-0.15, -0.1) is 0 Å². The van der Waals surface area contributed by atoms with E-state index in [1.54, 1.807) is 12.4 Å². The summed E-state index contributed by atoms with van der Waals surface area (Å²) in [4.78, 5) is 3.96. The van der Waals surface area contributed by atoms with Crippen molar-refractivity contribution in [1.82, 2.24) is 10.3 Å². The molecule has 2 rings (SSSR count). The molecule has 0 aromatic carbocycles. The predicted molar refractivity (Wildman–Crippen MR) is 62.0 cm³/mol. The van der Waals surface area contributed by atoms with Gasteiger partial charge in [-0.25, -0.2) is 0 Å². The normalized spacial score (nSPS) is 20.0. The fourth-order valence-electron chi connectivity index (χ4n) is 1.82. The molecular weight excluding hydrogens is 208 g/mol. The standard InChI is InChI=1S/C11H16N2OS/c14-15(11-3-7-13-8-4-11)9-10-1-5-12-6-2-10/h1-2,5-6,11,13H,3-4,7-9H2/t15-/m1/s1. The number of nitrogens with zero attached hydrogens (tertiary/aromatic N) is 1. The molecule has 0 radical (unpaired) electrons. The molecule has 3 nitrogen and oxygen atoms in total. The van der Waals surface area contributed by atoms with Gasteiger partial charge in [0.1, 0.15) is 0 Å². The Morgan fingerprint density at radius 2 is 2.00 bits per heavy atom. The third kappa shape index (κ3) is 3.11. The van der Waals surface area contributed by atoms with E-state index < -0.39 is 10.8 Å². The molecule has 1 aromatic heterocycles. The van der Waals surface area contributed by atoms with Gasteiger partial charge in [-0.3, -0.25) is 9.19 Å². The maximum atomic E-state index is 12.0. The summed E-state index contributed by atoms with van der Waals surface area (Å²) in [5.74, 6) is 0.674. The summed E-state index contributed by atoms with van der Waals surface area (Å²) >= 11 is 0. The summed E-state index contributed by atoms with van der Waals surface area (Å²) in [6.45, 7) is 2.01. The Hall–Kier alpha value is -0.740. The van der Waals surface area contributed by atoms with E-state index in [-0.39, 0.29) is 0 Å². The quantitative estimate of drug-likeness (QED) is 0.835. The Kier molecular flexibility index (Phi) is 3.86. The topological polar surface area (TPSA) is 42.0 Å². The lowest BCUT2D eigenvalue weighted by molar-refractivity contribution is 0.519. The van der Waals surface area contributed by atoms with Crippen LogP contribution in [-0.2, 0) is 16.6 Å². The van der Waals surface area contributed by atoms with E-state index in [1.165, 1.54) is 0 Å². The zero-order chi connectivity index (χ0) is 10.5. The average molecular weight is 224 g/mol. The van der Waals surface area contributed by atoms with E-state index in [2.05, 4.69) is 10.3 Å². The van der Waals surface area contributed by atoms with Gasteiger partial charge in [0.15, 0.2) is 0 Å². The molecule has 0 amide bonds. The van der Waals surface area contributed by atoms with Gasteiger partial charge in [-0.1, -0.05) is 0 Å². The summed E-state index contributed by atoms with van der Waals surface area (Å²) in [6.07, 6.45) is 5.60. The highest BCUT2D eigenvalue weighted by Crippen LogP contribution is 2.14. The van der Waals surface area contributed by atoms with Crippen LogP contribution in [0, 0.1) is 0 Å². The number of rotatable bonds is 3. The van der Waals surface area contributed by atoms with Crippen molar-refractivity contribution < 1.29 is 4.21 Å². The van der Waals surface area contributed by atoms with Crippen LogP contribution < -0.4 is 5.32 Å². The molecule has 0 spiro atoms. The molecular formula is C11H16N2OS. The SMILES string of the molecule is O=[S@](Cc1ccncc1)C1CCNCC1. The minimum atomic E-state index is -0.725. The summed E-state index contributed by atoms with van der Waals surface area (Å²) in [7, 11) is -0.725. The molecule has 1 aliphatic heterocycles. The maximum absolute atomic E-state index is 12.0. The molecule has 15 heavy (non-hydrogen) atoms. The Balaban J connectivity index is 1.91. The zero-order valence-corrected chi connectivity index (χ0v) is 9.50. The number of hydrogen-bond donors (Lipinski definition) is 1. The van der Waals surface area contributed by atoms with E-state index in [1.807, 2.05) is 12.1 Å². The highest BCUT2D eigenvalue weighted by atomic mass is 32.2. The maximum Gasteiger partial charge on any atom is 0.0489 e. The van der Waals surface area contributed by atoms with Gasteiger partial charge in [0.25, 0.3) is 0 Å². The Morgan fingerprint density at radius 1 is 1.33 bits per heavy atom. The molecule has 0 unspecified atom stereocenters. The van der Waals surface area contributed by atoms with Gasteiger partial charge < -0.3 is 5.32 Å². The highest BCUT2D eigenvalue weighted by molar-refractivity contribution is 7.84. The van der Waals surface area contributed by atoms with Crippen molar-refractivity contribution in [2.45, 2.75) is 23.8 Å². The third-order valence-corrected chi connectivity index (χ3v) is 4.55. The molecule has 0 aliphatic carbocycles. The van der Waals surface area contributed by atoms with Crippen molar-refractivity contribution in [3.05, 3.63) is 30.1 Å². The van der Waals surface area contributed by atoms with Crippen LogP contribution in [0.25, 0.3) is 0 Å². The number of piperidine rings is 1. The third-order valence-electron chi connectivity index (χ3n) is 2.72. The van der Waals surface area contributed by atoms with Crippen LogP contribution in [0.15, 0.2) is 24.5 Å². The number of pyridine rings is 1. The van der Waals surface area contributed by atoms with Crippen molar-refractivity contribution in [1.29, 1.82) is 0 Å². The zero-order valence-electron chi connectivity index (χ0n) is 8.69. The number of nitrogens with one attached hydrogen (secondary N) is 1. The van der Waals surface area contributed by atoms with Crippen LogP contribution in [-0.4, -0.2) is 27.5 Å². The van der Waals surface area contributed by atoms with E-state index in [9.17, 15) is 4.21 Å². The van der Waals surface area contributed by atoms with Gasteiger partial charge in [0.05, 0.1) is 0 Å². The molecule has 1 N–H and O–H groups in total. The number of aromatic nitrogens is 1. The second-order valence-corrected chi connectivity index (χ2v) is 5.55. The Labute approximate surface area is 92.8 Å². The molecule has 82 valence electrons. The molecule has 1 atom stereocenters. The summed E-state index contributed by atoms with van der Waals surface area (Å²) in [5.41, 5.74) is 1.13. The lowest BCUT2D eigenvalue weighted by atomic mass is 10.2. The molecule has 0 saturated carbocycles. The second-order valence-electron chi connectivity index (χ2n) is 3.83. The van der Waals surface area contributed by atoms with Gasteiger partial charge in [-0.2, -0.15) is 0 Å². The molecule has 2 heterocycles. The van der Waals surface area contributed by atoms with Gasteiger partial charge >= 0.3 is 0 Å². The van der Waals surface area contributed by atoms with Gasteiger partial charge in [0.2, 0.25) is 0 Å². The van der Waals surface area contributed by atoms with Crippen LogP contribution in [0.1, 0.15) is 18.4 Å². The van der Waals surface area contributed by atoms with Crippen LogP contribution in [0.4, 0.5) is 0 Å². The predicted octanol–water partition coefficient (Wildman–Crippen LogP) is 1.08.